The minimum Gasteiger partial charge on any atom is -0.206 e. The first-order valence-electron chi connectivity index (χ1n) is 4.74. The lowest BCUT2D eigenvalue weighted by molar-refractivity contribution is 0.595. The van der Waals surface area contributed by atoms with Crippen molar-refractivity contribution < 1.29 is 17.6 Å². The molecule has 0 saturated heterocycles. The van der Waals surface area contributed by atoms with E-state index in [9.17, 15) is 17.6 Å². The van der Waals surface area contributed by atoms with Gasteiger partial charge in [-0.25, -0.2) is 17.6 Å². The molecule has 0 fully saturated rings. The van der Waals surface area contributed by atoms with Crippen LogP contribution in [0, 0.1) is 23.3 Å². The third kappa shape index (κ3) is 2.47. The van der Waals surface area contributed by atoms with Gasteiger partial charge in [0.05, 0.1) is 0 Å². The maximum atomic E-state index is 13.3. The molecule has 0 aliphatic carbocycles. The molecule has 0 unspecified atom stereocenters. The summed E-state index contributed by atoms with van der Waals surface area (Å²) in [5.74, 6) is -3.20. The Morgan fingerprint density at radius 1 is 0.588 bits per heavy atom. The van der Waals surface area contributed by atoms with Gasteiger partial charge in [0, 0.05) is 10.6 Å². The Kier molecular flexibility index (Phi) is 3.43. The van der Waals surface area contributed by atoms with E-state index in [1.54, 1.807) is 0 Å². The van der Waals surface area contributed by atoms with Crippen LogP contribution in [0.1, 0.15) is 0 Å². The van der Waals surface area contributed by atoms with Gasteiger partial charge in [-0.2, -0.15) is 0 Å². The highest BCUT2D eigenvalue weighted by Gasteiger charge is 2.14. The van der Waals surface area contributed by atoms with E-state index in [1.807, 2.05) is 0 Å². The van der Waals surface area contributed by atoms with Gasteiger partial charge in [0.2, 0.25) is 0 Å². The number of hydrogen-bond donors (Lipinski definition) is 0. The second-order valence-corrected chi connectivity index (χ2v) is 4.57. The topological polar surface area (TPSA) is 0 Å². The van der Waals surface area contributed by atoms with Gasteiger partial charge in [0.15, 0.2) is 0 Å². The number of hydrogen-bond acceptors (Lipinski definition) is 0. The Morgan fingerprint density at radius 2 is 0.882 bits per heavy atom. The van der Waals surface area contributed by atoms with E-state index in [0.29, 0.717) is 0 Å². The molecule has 2 aromatic rings. The molecule has 0 aromatic heterocycles. The van der Waals surface area contributed by atoms with Crippen molar-refractivity contribution in [3.8, 4) is 0 Å². The van der Waals surface area contributed by atoms with E-state index in [4.69, 9.17) is 0 Å². The molecule has 2 aromatic carbocycles. The molecule has 0 aliphatic rings. The summed E-state index contributed by atoms with van der Waals surface area (Å²) in [5, 5.41) is -0.618. The highest BCUT2D eigenvalue weighted by molar-refractivity contribution is 7.55. The minimum atomic E-state index is -0.800. The molecule has 17 heavy (non-hydrogen) atoms. The zero-order valence-corrected chi connectivity index (χ0v) is 9.48. The van der Waals surface area contributed by atoms with Gasteiger partial charge in [-0.05, 0) is 32.8 Å². The van der Waals surface area contributed by atoms with E-state index < -0.39 is 31.8 Å². The fourth-order valence-corrected chi connectivity index (χ4v) is 2.42. The van der Waals surface area contributed by atoms with Crippen LogP contribution in [0.15, 0.2) is 36.4 Å². The molecule has 0 radical (unpaired) electrons. The molecule has 0 bridgehead atoms. The summed E-state index contributed by atoms with van der Waals surface area (Å²) < 4.78 is 53.3. The average molecular weight is 258 g/mol. The van der Waals surface area contributed by atoms with E-state index in [-0.39, 0.29) is 10.6 Å². The Bertz CT molecular complexity index is 464. The lowest BCUT2D eigenvalue weighted by atomic mass is 10.3. The molecule has 2 rings (SSSR count). The van der Waals surface area contributed by atoms with Gasteiger partial charge in [-0.15, -0.1) is 0 Å². The normalized spacial score (nSPS) is 10.6. The van der Waals surface area contributed by atoms with E-state index in [2.05, 4.69) is 0 Å². The van der Waals surface area contributed by atoms with Crippen LogP contribution in [0.4, 0.5) is 17.6 Å². The molecule has 0 spiro atoms. The van der Waals surface area contributed by atoms with Crippen molar-refractivity contribution in [2.75, 3.05) is 0 Å². The van der Waals surface area contributed by atoms with Crippen molar-refractivity contribution in [1.82, 2.24) is 0 Å². The monoisotopic (exact) mass is 258 g/mol. The highest BCUT2D eigenvalue weighted by Crippen LogP contribution is 2.19. The lowest BCUT2D eigenvalue weighted by Gasteiger charge is -2.07. The van der Waals surface area contributed by atoms with Gasteiger partial charge in [-0.3, -0.25) is 0 Å². The maximum absolute atomic E-state index is 13.3. The van der Waals surface area contributed by atoms with Crippen molar-refractivity contribution in [2.45, 2.75) is 0 Å². The van der Waals surface area contributed by atoms with Crippen LogP contribution < -0.4 is 10.6 Å². The third-order valence-corrected chi connectivity index (χ3v) is 3.63. The standard InChI is InChI=1S/C12H7F4P/c13-7-3-1-4-8(14)11(7)17-12-9(15)5-2-6-10(12)16/h1-6,17H. The molecule has 0 aliphatic heterocycles. The van der Waals surface area contributed by atoms with Crippen LogP contribution in [0.2, 0.25) is 0 Å². The molecular formula is C12H7F4P. The van der Waals surface area contributed by atoms with Gasteiger partial charge in [0.25, 0.3) is 0 Å². The summed E-state index contributed by atoms with van der Waals surface area (Å²) in [6.45, 7) is 0. The summed E-state index contributed by atoms with van der Waals surface area (Å²) in [7, 11) is -0.728. The van der Waals surface area contributed by atoms with Crippen LogP contribution in [0.3, 0.4) is 0 Å². The van der Waals surface area contributed by atoms with Crippen molar-refractivity contribution in [3.63, 3.8) is 0 Å². The first-order chi connectivity index (χ1) is 8.09. The summed E-state index contributed by atoms with van der Waals surface area (Å²) in [5.41, 5.74) is 0. The summed E-state index contributed by atoms with van der Waals surface area (Å²) >= 11 is 0. The van der Waals surface area contributed by atoms with Gasteiger partial charge in [0.1, 0.15) is 23.3 Å². The van der Waals surface area contributed by atoms with Crippen LogP contribution in [0.5, 0.6) is 0 Å². The highest BCUT2D eigenvalue weighted by atomic mass is 31.1. The molecule has 88 valence electrons. The van der Waals surface area contributed by atoms with Gasteiger partial charge in [-0.1, -0.05) is 12.1 Å². The quantitative estimate of drug-likeness (QED) is 0.574. The van der Waals surface area contributed by atoms with Crippen LogP contribution >= 0.6 is 8.58 Å². The number of halogens is 4. The number of benzene rings is 2. The van der Waals surface area contributed by atoms with Crippen molar-refractivity contribution in [3.05, 3.63) is 59.7 Å². The Hall–Kier alpha value is -1.41. The largest absolute Gasteiger partial charge is 0.206 e. The maximum Gasteiger partial charge on any atom is 0.133 e. The molecular weight excluding hydrogens is 251 g/mol. The fraction of sp³-hybridized carbons (Fsp3) is 0. The molecule has 0 amide bonds. The van der Waals surface area contributed by atoms with Crippen LogP contribution in [-0.2, 0) is 0 Å². The predicted octanol–water partition coefficient (Wildman–Crippen LogP) is 2.87. The summed E-state index contributed by atoms with van der Waals surface area (Å²) in [6.07, 6.45) is 0. The molecule has 0 saturated carbocycles. The second kappa shape index (κ2) is 4.84. The van der Waals surface area contributed by atoms with E-state index in [0.717, 1.165) is 24.3 Å². The zero-order chi connectivity index (χ0) is 12.4. The molecule has 0 atom stereocenters. The van der Waals surface area contributed by atoms with Gasteiger partial charge < -0.3 is 0 Å². The molecule has 0 heterocycles. The van der Waals surface area contributed by atoms with Crippen molar-refractivity contribution in [2.24, 2.45) is 0 Å². The first-order valence-corrected chi connectivity index (χ1v) is 5.74. The summed E-state index contributed by atoms with van der Waals surface area (Å²) in [6, 6.07) is 6.65. The van der Waals surface area contributed by atoms with Crippen LogP contribution in [-0.4, -0.2) is 0 Å². The lowest BCUT2D eigenvalue weighted by Crippen LogP contribution is -2.16. The summed E-state index contributed by atoms with van der Waals surface area (Å²) in [4.78, 5) is 0. The van der Waals surface area contributed by atoms with Crippen LogP contribution in [0.25, 0.3) is 0 Å². The minimum absolute atomic E-state index is 0.309. The first kappa shape index (κ1) is 12.1. The predicted molar refractivity (Wildman–Crippen MR) is 60.3 cm³/mol. The van der Waals surface area contributed by atoms with Gasteiger partial charge >= 0.3 is 0 Å². The average Bonchev–Trinajstić information content (AvgIpc) is 2.27. The fourth-order valence-electron chi connectivity index (χ4n) is 1.36. The molecule has 0 nitrogen and oxygen atoms in total. The van der Waals surface area contributed by atoms with E-state index >= 15 is 0 Å². The third-order valence-electron chi connectivity index (χ3n) is 2.18. The van der Waals surface area contributed by atoms with Crippen molar-refractivity contribution >= 4 is 19.2 Å². The number of rotatable bonds is 2. The SMILES string of the molecule is Fc1cccc(F)c1Pc1c(F)cccc1F. The smallest absolute Gasteiger partial charge is 0.133 e. The Labute approximate surface area is 97.1 Å². The molecule has 0 N–H and O–H groups in total. The van der Waals surface area contributed by atoms with E-state index in [1.165, 1.54) is 12.1 Å². The Morgan fingerprint density at radius 3 is 1.18 bits per heavy atom. The zero-order valence-electron chi connectivity index (χ0n) is 8.48. The molecule has 5 heteroatoms. The Balaban J connectivity index is 2.45. The van der Waals surface area contributed by atoms with Crippen molar-refractivity contribution in [1.29, 1.82) is 0 Å². The second-order valence-electron chi connectivity index (χ2n) is 3.32.